The maximum atomic E-state index is 13.2. The third-order valence-corrected chi connectivity index (χ3v) is 5.37. The maximum absolute atomic E-state index is 13.2. The molecule has 3 rings (SSSR count). The van der Waals surface area contributed by atoms with Crippen molar-refractivity contribution in [2.75, 3.05) is 18.1 Å². The minimum atomic E-state index is -0.325. The predicted molar refractivity (Wildman–Crippen MR) is 100 cm³/mol. The van der Waals surface area contributed by atoms with E-state index in [0.717, 1.165) is 11.5 Å². The number of rotatable bonds is 7. The normalized spacial score (nSPS) is 10.7. The molecule has 26 heavy (non-hydrogen) atoms. The van der Waals surface area contributed by atoms with E-state index in [1.165, 1.54) is 35.2 Å². The van der Waals surface area contributed by atoms with Crippen molar-refractivity contribution in [1.82, 2.24) is 15.1 Å². The highest BCUT2D eigenvalue weighted by Crippen LogP contribution is 2.28. The fourth-order valence-corrected chi connectivity index (χ4v) is 3.85. The van der Waals surface area contributed by atoms with Crippen molar-refractivity contribution in [2.24, 2.45) is 0 Å². The molecule has 136 valence electrons. The summed E-state index contributed by atoms with van der Waals surface area (Å²) in [6.45, 7) is 2.29. The number of amides is 1. The van der Waals surface area contributed by atoms with Crippen LogP contribution < -0.4 is 5.32 Å². The molecule has 6 nitrogen and oxygen atoms in total. The quantitative estimate of drug-likeness (QED) is 0.611. The minimum Gasteiger partial charge on any atom is -0.464 e. The standard InChI is InChI=1S/C17H17FN4O2S2/c1-11-6-7-14(24-11)9-22(2)15(23)10-25-17-21-20-16(26-17)19-13-5-3-4-12(18)8-13/h3-8H,9-10H2,1-2H3,(H,19,20). The van der Waals surface area contributed by atoms with Gasteiger partial charge in [-0.05, 0) is 37.3 Å². The molecular weight excluding hydrogens is 375 g/mol. The van der Waals surface area contributed by atoms with Crippen molar-refractivity contribution in [1.29, 1.82) is 0 Å². The van der Waals surface area contributed by atoms with Crippen LogP contribution in [0.1, 0.15) is 11.5 Å². The predicted octanol–water partition coefficient (Wildman–Crippen LogP) is 4.07. The summed E-state index contributed by atoms with van der Waals surface area (Å²) in [5, 5.41) is 11.6. The Kier molecular flexibility index (Phi) is 5.89. The Morgan fingerprint density at radius 3 is 2.92 bits per heavy atom. The van der Waals surface area contributed by atoms with Gasteiger partial charge in [-0.25, -0.2) is 4.39 Å². The fraction of sp³-hybridized carbons (Fsp3) is 0.235. The summed E-state index contributed by atoms with van der Waals surface area (Å²) in [4.78, 5) is 13.8. The molecule has 0 aliphatic heterocycles. The van der Waals surface area contributed by atoms with Crippen LogP contribution >= 0.6 is 23.1 Å². The number of anilines is 2. The Hall–Kier alpha value is -2.39. The number of carbonyl (C=O) groups excluding carboxylic acids is 1. The molecule has 3 aromatic rings. The number of nitrogens with one attached hydrogen (secondary N) is 1. The molecule has 2 heterocycles. The van der Waals surface area contributed by atoms with Gasteiger partial charge in [0.2, 0.25) is 11.0 Å². The number of carbonyl (C=O) groups is 1. The van der Waals surface area contributed by atoms with Gasteiger partial charge >= 0.3 is 0 Å². The van der Waals surface area contributed by atoms with Crippen molar-refractivity contribution < 1.29 is 13.6 Å². The minimum absolute atomic E-state index is 0.0288. The van der Waals surface area contributed by atoms with Crippen LogP contribution in [0.2, 0.25) is 0 Å². The Morgan fingerprint density at radius 2 is 2.19 bits per heavy atom. The van der Waals surface area contributed by atoms with Gasteiger partial charge in [0, 0.05) is 12.7 Å². The maximum Gasteiger partial charge on any atom is 0.233 e. The zero-order chi connectivity index (χ0) is 18.5. The largest absolute Gasteiger partial charge is 0.464 e. The van der Waals surface area contributed by atoms with Gasteiger partial charge in [-0.3, -0.25) is 4.79 Å². The Morgan fingerprint density at radius 1 is 1.35 bits per heavy atom. The number of aromatic nitrogens is 2. The van der Waals surface area contributed by atoms with Crippen LogP contribution in [0.3, 0.4) is 0 Å². The molecular formula is C17H17FN4O2S2. The van der Waals surface area contributed by atoms with Crippen molar-refractivity contribution in [2.45, 2.75) is 17.8 Å². The van der Waals surface area contributed by atoms with E-state index < -0.39 is 0 Å². The van der Waals surface area contributed by atoms with Gasteiger partial charge in [0.25, 0.3) is 0 Å². The molecule has 0 saturated carbocycles. The third-order valence-electron chi connectivity index (χ3n) is 3.42. The number of hydrogen-bond donors (Lipinski definition) is 1. The van der Waals surface area contributed by atoms with E-state index in [9.17, 15) is 9.18 Å². The molecule has 2 aromatic heterocycles. The summed E-state index contributed by atoms with van der Waals surface area (Å²) in [5.41, 5.74) is 0.599. The van der Waals surface area contributed by atoms with E-state index >= 15 is 0 Å². The number of furan rings is 1. The molecule has 0 aliphatic carbocycles. The number of aryl methyl sites for hydroxylation is 1. The van der Waals surface area contributed by atoms with Crippen molar-refractivity contribution in [3.05, 3.63) is 53.7 Å². The summed E-state index contributed by atoms with van der Waals surface area (Å²) in [6.07, 6.45) is 0. The van der Waals surface area contributed by atoms with E-state index in [-0.39, 0.29) is 17.5 Å². The number of benzene rings is 1. The molecule has 0 unspecified atom stereocenters. The zero-order valence-electron chi connectivity index (χ0n) is 14.2. The van der Waals surface area contributed by atoms with Crippen LogP contribution in [0.15, 0.2) is 45.2 Å². The molecule has 1 amide bonds. The summed E-state index contributed by atoms with van der Waals surface area (Å²) >= 11 is 2.63. The molecule has 1 aromatic carbocycles. The van der Waals surface area contributed by atoms with Gasteiger partial charge in [0.1, 0.15) is 17.3 Å². The topological polar surface area (TPSA) is 71.3 Å². The Balaban J connectivity index is 1.50. The fourth-order valence-electron chi connectivity index (χ4n) is 2.13. The lowest BCUT2D eigenvalue weighted by Gasteiger charge is -2.14. The van der Waals surface area contributed by atoms with E-state index in [4.69, 9.17) is 4.42 Å². The van der Waals surface area contributed by atoms with Crippen molar-refractivity contribution >= 4 is 39.8 Å². The lowest BCUT2D eigenvalue weighted by molar-refractivity contribution is -0.127. The SMILES string of the molecule is Cc1ccc(CN(C)C(=O)CSc2nnc(Nc3cccc(F)c3)s2)o1. The van der Waals surface area contributed by atoms with Gasteiger partial charge in [-0.15, -0.1) is 10.2 Å². The second-order valence-electron chi connectivity index (χ2n) is 5.56. The molecule has 0 spiro atoms. The first-order valence-corrected chi connectivity index (χ1v) is 9.58. The number of halogens is 1. The highest BCUT2D eigenvalue weighted by molar-refractivity contribution is 8.01. The van der Waals surface area contributed by atoms with E-state index in [0.29, 0.717) is 21.7 Å². The van der Waals surface area contributed by atoms with Crippen LogP contribution in [0, 0.1) is 12.7 Å². The van der Waals surface area contributed by atoms with Crippen LogP contribution in [-0.2, 0) is 11.3 Å². The second-order valence-corrected chi connectivity index (χ2v) is 7.76. The lowest BCUT2D eigenvalue weighted by Crippen LogP contribution is -2.27. The molecule has 0 radical (unpaired) electrons. The lowest BCUT2D eigenvalue weighted by atomic mass is 10.3. The van der Waals surface area contributed by atoms with Crippen molar-refractivity contribution in [3.8, 4) is 0 Å². The summed E-state index contributed by atoms with van der Waals surface area (Å²) in [5.74, 6) is 1.47. The summed E-state index contributed by atoms with van der Waals surface area (Å²) in [7, 11) is 1.73. The van der Waals surface area contributed by atoms with Gasteiger partial charge in [-0.2, -0.15) is 0 Å². The summed E-state index contributed by atoms with van der Waals surface area (Å²) < 4.78 is 19.3. The van der Waals surface area contributed by atoms with Gasteiger partial charge in [0.05, 0.1) is 12.3 Å². The zero-order valence-corrected chi connectivity index (χ0v) is 15.9. The summed E-state index contributed by atoms with van der Waals surface area (Å²) in [6, 6.07) is 9.84. The van der Waals surface area contributed by atoms with Gasteiger partial charge in [0.15, 0.2) is 4.34 Å². The average Bonchev–Trinajstić information content (AvgIpc) is 3.21. The monoisotopic (exact) mass is 392 g/mol. The van der Waals surface area contributed by atoms with Crippen LogP contribution in [0.4, 0.5) is 15.2 Å². The molecule has 0 aliphatic rings. The van der Waals surface area contributed by atoms with E-state index in [1.807, 2.05) is 19.1 Å². The Labute approximate surface area is 158 Å². The Bertz CT molecular complexity index is 896. The highest BCUT2D eigenvalue weighted by atomic mass is 32.2. The van der Waals surface area contributed by atoms with Gasteiger partial charge < -0.3 is 14.6 Å². The number of thioether (sulfide) groups is 1. The third kappa shape index (κ3) is 5.06. The molecule has 0 saturated heterocycles. The molecule has 0 bridgehead atoms. The molecule has 0 atom stereocenters. The van der Waals surface area contributed by atoms with Crippen LogP contribution in [0.25, 0.3) is 0 Å². The molecule has 1 N–H and O–H groups in total. The molecule has 9 heteroatoms. The van der Waals surface area contributed by atoms with E-state index in [1.54, 1.807) is 24.1 Å². The van der Waals surface area contributed by atoms with E-state index in [2.05, 4.69) is 15.5 Å². The first kappa shape index (κ1) is 18.4. The van der Waals surface area contributed by atoms with Crippen molar-refractivity contribution in [3.63, 3.8) is 0 Å². The first-order chi connectivity index (χ1) is 12.5. The smallest absolute Gasteiger partial charge is 0.233 e. The molecule has 0 fully saturated rings. The number of nitrogens with zero attached hydrogens (tertiary/aromatic N) is 3. The number of hydrogen-bond acceptors (Lipinski definition) is 7. The first-order valence-electron chi connectivity index (χ1n) is 7.78. The van der Waals surface area contributed by atoms with Gasteiger partial charge in [-0.1, -0.05) is 29.2 Å². The second kappa shape index (κ2) is 8.33. The average molecular weight is 392 g/mol. The van der Waals surface area contributed by atoms with Crippen LogP contribution in [0.5, 0.6) is 0 Å². The van der Waals surface area contributed by atoms with Crippen LogP contribution in [-0.4, -0.2) is 33.8 Å². The highest BCUT2D eigenvalue weighted by Gasteiger charge is 2.14.